The predicted octanol–water partition coefficient (Wildman–Crippen LogP) is 1.79. The Morgan fingerprint density at radius 1 is 1.50 bits per heavy atom. The lowest BCUT2D eigenvalue weighted by molar-refractivity contribution is 0.147. The van der Waals surface area contributed by atoms with Crippen molar-refractivity contribution >= 4 is 5.69 Å². The summed E-state index contributed by atoms with van der Waals surface area (Å²) in [7, 11) is 0. The van der Waals surface area contributed by atoms with Crippen molar-refractivity contribution in [2.45, 2.75) is 25.9 Å². The van der Waals surface area contributed by atoms with E-state index in [1.165, 1.54) is 5.56 Å². The summed E-state index contributed by atoms with van der Waals surface area (Å²) in [6.45, 7) is 5.12. The lowest BCUT2D eigenvalue weighted by Crippen LogP contribution is -2.24. The number of rotatable bonds is 7. The van der Waals surface area contributed by atoms with Crippen molar-refractivity contribution in [1.29, 1.82) is 0 Å². The van der Waals surface area contributed by atoms with Crippen molar-refractivity contribution in [2.24, 2.45) is 5.73 Å². The van der Waals surface area contributed by atoms with Crippen molar-refractivity contribution in [1.82, 2.24) is 0 Å². The fourth-order valence-electron chi connectivity index (χ4n) is 2.11. The van der Waals surface area contributed by atoms with Crippen LogP contribution in [0, 0.1) is 0 Å². The molecule has 3 N–H and O–H groups in total. The van der Waals surface area contributed by atoms with E-state index in [9.17, 15) is 0 Å². The van der Waals surface area contributed by atoms with E-state index in [1.807, 2.05) is 13.0 Å². The van der Waals surface area contributed by atoms with Gasteiger partial charge in [-0.15, -0.1) is 0 Å². The van der Waals surface area contributed by atoms with E-state index < -0.39 is 0 Å². The second-order valence-corrected chi connectivity index (χ2v) is 4.48. The van der Waals surface area contributed by atoms with Gasteiger partial charge in [0.05, 0.1) is 0 Å². The molecule has 1 atom stereocenters. The first kappa shape index (κ1) is 13.2. The first-order valence-corrected chi connectivity index (χ1v) is 6.64. The molecule has 1 aliphatic heterocycles. The van der Waals surface area contributed by atoms with E-state index in [0.717, 1.165) is 44.0 Å². The summed E-state index contributed by atoms with van der Waals surface area (Å²) in [6, 6.07) is 6.24. The van der Waals surface area contributed by atoms with Crippen LogP contribution in [0.15, 0.2) is 18.2 Å². The van der Waals surface area contributed by atoms with Crippen molar-refractivity contribution in [3.8, 4) is 5.75 Å². The molecule has 0 saturated heterocycles. The van der Waals surface area contributed by atoms with Gasteiger partial charge in [0, 0.05) is 38.4 Å². The number of nitrogens with two attached hydrogens (primary N) is 1. The number of anilines is 1. The zero-order valence-electron chi connectivity index (χ0n) is 10.9. The number of nitrogens with one attached hydrogen (secondary N) is 1. The minimum absolute atomic E-state index is 0.146. The van der Waals surface area contributed by atoms with Crippen LogP contribution in [0.5, 0.6) is 5.75 Å². The standard InChI is InChI=1S/C14H22N2O2/c1-2-17-7-3-6-16-12-4-5-14-11(8-12)9-13(10-15)18-14/h4-5,8,13,16H,2-3,6-7,9-10,15H2,1H3. The smallest absolute Gasteiger partial charge is 0.123 e. The van der Waals surface area contributed by atoms with Crippen molar-refractivity contribution in [3.63, 3.8) is 0 Å². The van der Waals surface area contributed by atoms with Gasteiger partial charge in [0.25, 0.3) is 0 Å². The van der Waals surface area contributed by atoms with E-state index in [4.69, 9.17) is 15.2 Å². The summed E-state index contributed by atoms with van der Waals surface area (Å²) in [4.78, 5) is 0. The van der Waals surface area contributed by atoms with E-state index >= 15 is 0 Å². The van der Waals surface area contributed by atoms with Gasteiger partial charge in [-0.2, -0.15) is 0 Å². The van der Waals surface area contributed by atoms with Crippen LogP contribution >= 0.6 is 0 Å². The van der Waals surface area contributed by atoms with Crippen LogP contribution in [0.4, 0.5) is 5.69 Å². The van der Waals surface area contributed by atoms with Crippen LogP contribution < -0.4 is 15.8 Å². The molecule has 1 aliphatic rings. The highest BCUT2D eigenvalue weighted by Gasteiger charge is 2.21. The van der Waals surface area contributed by atoms with Crippen LogP contribution in [0.3, 0.4) is 0 Å². The second-order valence-electron chi connectivity index (χ2n) is 4.48. The van der Waals surface area contributed by atoms with Crippen molar-refractivity contribution in [2.75, 3.05) is 31.6 Å². The molecule has 100 valence electrons. The number of hydrogen-bond acceptors (Lipinski definition) is 4. The van der Waals surface area contributed by atoms with Gasteiger partial charge in [0.15, 0.2) is 0 Å². The molecule has 4 heteroatoms. The molecule has 1 aromatic rings. The van der Waals surface area contributed by atoms with Gasteiger partial charge in [-0.25, -0.2) is 0 Å². The maximum Gasteiger partial charge on any atom is 0.123 e. The second kappa shape index (κ2) is 6.61. The monoisotopic (exact) mass is 250 g/mol. The fourth-order valence-corrected chi connectivity index (χ4v) is 2.11. The van der Waals surface area contributed by atoms with Gasteiger partial charge < -0.3 is 20.5 Å². The molecule has 0 fully saturated rings. The molecule has 0 aromatic heterocycles. The highest BCUT2D eigenvalue weighted by molar-refractivity contribution is 5.52. The minimum atomic E-state index is 0.146. The van der Waals surface area contributed by atoms with Gasteiger partial charge >= 0.3 is 0 Å². The quantitative estimate of drug-likeness (QED) is 0.724. The van der Waals surface area contributed by atoms with Gasteiger partial charge in [-0.1, -0.05) is 0 Å². The third-order valence-corrected chi connectivity index (χ3v) is 3.06. The summed E-state index contributed by atoms with van der Waals surface area (Å²) in [5, 5.41) is 3.40. The van der Waals surface area contributed by atoms with E-state index in [2.05, 4.69) is 17.4 Å². The number of fused-ring (bicyclic) bond motifs is 1. The molecular weight excluding hydrogens is 228 g/mol. The van der Waals surface area contributed by atoms with Crippen LogP contribution in [-0.2, 0) is 11.2 Å². The van der Waals surface area contributed by atoms with Crippen molar-refractivity contribution < 1.29 is 9.47 Å². The molecular formula is C14H22N2O2. The van der Waals surface area contributed by atoms with Gasteiger partial charge in [-0.3, -0.25) is 0 Å². The average molecular weight is 250 g/mol. The van der Waals surface area contributed by atoms with Gasteiger partial charge in [0.2, 0.25) is 0 Å². The third kappa shape index (κ3) is 3.37. The van der Waals surface area contributed by atoms with Crippen LogP contribution in [0.1, 0.15) is 18.9 Å². The number of benzene rings is 1. The summed E-state index contributed by atoms with van der Waals surface area (Å²) in [5.41, 5.74) is 8.02. The normalized spacial score (nSPS) is 17.3. The SMILES string of the molecule is CCOCCCNc1ccc2c(c1)CC(CN)O2. The van der Waals surface area contributed by atoms with E-state index in [0.29, 0.717) is 6.54 Å². The maximum absolute atomic E-state index is 5.70. The largest absolute Gasteiger partial charge is 0.488 e. The molecule has 0 aliphatic carbocycles. The first-order valence-electron chi connectivity index (χ1n) is 6.64. The maximum atomic E-state index is 5.70. The molecule has 0 bridgehead atoms. The Bertz CT molecular complexity index is 382. The number of hydrogen-bond donors (Lipinski definition) is 2. The summed E-state index contributed by atoms with van der Waals surface area (Å²) < 4.78 is 11.0. The molecule has 0 spiro atoms. The predicted molar refractivity (Wildman–Crippen MR) is 73.2 cm³/mol. The van der Waals surface area contributed by atoms with E-state index in [-0.39, 0.29) is 6.10 Å². The zero-order chi connectivity index (χ0) is 12.8. The summed E-state index contributed by atoms with van der Waals surface area (Å²) in [6.07, 6.45) is 2.08. The third-order valence-electron chi connectivity index (χ3n) is 3.06. The van der Waals surface area contributed by atoms with Gasteiger partial charge in [-0.05, 0) is 37.1 Å². The van der Waals surface area contributed by atoms with E-state index in [1.54, 1.807) is 0 Å². The molecule has 0 amide bonds. The summed E-state index contributed by atoms with van der Waals surface area (Å²) >= 11 is 0. The lowest BCUT2D eigenvalue weighted by Gasteiger charge is -2.08. The molecule has 4 nitrogen and oxygen atoms in total. The summed E-state index contributed by atoms with van der Waals surface area (Å²) in [5.74, 6) is 0.977. The topological polar surface area (TPSA) is 56.5 Å². The molecule has 0 saturated carbocycles. The fraction of sp³-hybridized carbons (Fsp3) is 0.571. The molecule has 2 rings (SSSR count). The molecule has 18 heavy (non-hydrogen) atoms. The number of ether oxygens (including phenoxy) is 2. The Morgan fingerprint density at radius 2 is 2.39 bits per heavy atom. The highest BCUT2D eigenvalue weighted by Crippen LogP contribution is 2.30. The highest BCUT2D eigenvalue weighted by atomic mass is 16.5. The van der Waals surface area contributed by atoms with Crippen LogP contribution in [0.2, 0.25) is 0 Å². The Balaban J connectivity index is 1.81. The molecule has 1 heterocycles. The Labute approximate surface area is 108 Å². The average Bonchev–Trinajstić information content (AvgIpc) is 2.80. The Kier molecular flexibility index (Phi) is 4.84. The van der Waals surface area contributed by atoms with Crippen LogP contribution in [0.25, 0.3) is 0 Å². The zero-order valence-corrected chi connectivity index (χ0v) is 10.9. The lowest BCUT2D eigenvalue weighted by atomic mass is 10.1. The Morgan fingerprint density at radius 3 is 3.17 bits per heavy atom. The van der Waals surface area contributed by atoms with Gasteiger partial charge in [0.1, 0.15) is 11.9 Å². The van der Waals surface area contributed by atoms with Crippen molar-refractivity contribution in [3.05, 3.63) is 23.8 Å². The minimum Gasteiger partial charge on any atom is -0.488 e. The molecule has 0 radical (unpaired) electrons. The molecule has 1 unspecified atom stereocenters. The molecule has 1 aromatic carbocycles. The first-order chi connectivity index (χ1) is 8.83. The van der Waals surface area contributed by atoms with Crippen LogP contribution in [-0.4, -0.2) is 32.4 Å². The Hall–Kier alpha value is -1.26.